The summed E-state index contributed by atoms with van der Waals surface area (Å²) in [4.78, 5) is 17.1. The van der Waals surface area contributed by atoms with Crippen LogP contribution in [0.5, 0.6) is 0 Å². The molecule has 1 N–H and O–H groups in total. The SMILES string of the molecule is Cc1c(Cc2ccc(C=C3CCN(C4CCC4)CC3)cc2)cc[nH]c1=O. The molecule has 3 nitrogen and oxygen atoms in total. The fraction of sp³-hybridized carbons (Fsp3) is 0.435. The number of nitrogens with zero attached hydrogens (tertiary/aromatic N) is 1. The van der Waals surface area contributed by atoms with E-state index in [0.29, 0.717) is 0 Å². The minimum Gasteiger partial charge on any atom is -0.329 e. The van der Waals surface area contributed by atoms with Gasteiger partial charge in [-0.25, -0.2) is 0 Å². The van der Waals surface area contributed by atoms with E-state index in [1.54, 1.807) is 11.8 Å². The van der Waals surface area contributed by atoms with E-state index >= 15 is 0 Å². The number of H-pyrrole nitrogens is 1. The van der Waals surface area contributed by atoms with Crippen molar-refractivity contribution in [3.8, 4) is 0 Å². The molecule has 0 atom stereocenters. The van der Waals surface area contributed by atoms with Gasteiger partial charge in [0.25, 0.3) is 5.56 Å². The van der Waals surface area contributed by atoms with Gasteiger partial charge in [-0.05, 0) is 61.8 Å². The predicted molar refractivity (Wildman–Crippen MR) is 107 cm³/mol. The first-order valence-corrected chi connectivity index (χ1v) is 9.88. The quantitative estimate of drug-likeness (QED) is 0.894. The second kappa shape index (κ2) is 7.63. The van der Waals surface area contributed by atoms with Crippen molar-refractivity contribution in [3.05, 3.63) is 74.7 Å². The Hall–Kier alpha value is -2.13. The Bertz CT molecular complexity index is 833. The maximum absolute atomic E-state index is 11.7. The predicted octanol–water partition coefficient (Wildman–Crippen LogP) is 4.31. The molecule has 1 aliphatic heterocycles. The molecule has 4 rings (SSSR count). The average molecular weight is 348 g/mol. The molecule has 0 bridgehead atoms. The zero-order valence-electron chi connectivity index (χ0n) is 15.6. The number of hydrogen-bond donors (Lipinski definition) is 1. The molecule has 0 radical (unpaired) electrons. The van der Waals surface area contributed by atoms with Gasteiger partial charge in [-0.1, -0.05) is 42.3 Å². The van der Waals surface area contributed by atoms with Crippen molar-refractivity contribution in [2.45, 2.75) is 51.5 Å². The number of aromatic nitrogens is 1. The van der Waals surface area contributed by atoms with Crippen molar-refractivity contribution in [3.63, 3.8) is 0 Å². The summed E-state index contributed by atoms with van der Waals surface area (Å²) in [7, 11) is 0. The Morgan fingerprint density at radius 1 is 1.12 bits per heavy atom. The van der Waals surface area contributed by atoms with Crippen molar-refractivity contribution in [1.29, 1.82) is 0 Å². The molecule has 136 valence electrons. The third-order valence-electron chi connectivity index (χ3n) is 6.10. The molecule has 2 fully saturated rings. The largest absolute Gasteiger partial charge is 0.329 e. The molecule has 2 aromatic rings. The summed E-state index contributed by atoms with van der Waals surface area (Å²) in [6.07, 6.45) is 11.6. The van der Waals surface area contributed by atoms with E-state index in [1.165, 1.54) is 56.3 Å². The van der Waals surface area contributed by atoms with Gasteiger partial charge in [0.1, 0.15) is 0 Å². The first-order chi connectivity index (χ1) is 12.7. The van der Waals surface area contributed by atoms with Gasteiger partial charge in [-0.3, -0.25) is 9.69 Å². The van der Waals surface area contributed by atoms with Gasteiger partial charge in [0.05, 0.1) is 0 Å². The molecule has 0 spiro atoms. The number of benzene rings is 1. The highest BCUT2D eigenvalue weighted by Crippen LogP contribution is 2.29. The van der Waals surface area contributed by atoms with E-state index in [-0.39, 0.29) is 5.56 Å². The van der Waals surface area contributed by atoms with E-state index < -0.39 is 0 Å². The maximum Gasteiger partial charge on any atom is 0.251 e. The van der Waals surface area contributed by atoms with Crippen LogP contribution in [0.4, 0.5) is 0 Å². The molecule has 1 aromatic heterocycles. The van der Waals surface area contributed by atoms with Crippen molar-refractivity contribution in [2.75, 3.05) is 13.1 Å². The summed E-state index contributed by atoms with van der Waals surface area (Å²) < 4.78 is 0. The third kappa shape index (κ3) is 3.83. The van der Waals surface area contributed by atoms with E-state index in [9.17, 15) is 4.79 Å². The zero-order chi connectivity index (χ0) is 17.9. The highest BCUT2D eigenvalue weighted by molar-refractivity contribution is 5.54. The molecule has 1 aromatic carbocycles. The third-order valence-corrected chi connectivity index (χ3v) is 6.10. The van der Waals surface area contributed by atoms with Crippen LogP contribution in [0.1, 0.15) is 54.4 Å². The number of piperidine rings is 1. The standard InChI is InChI=1S/C23H28N2O/c1-17-21(9-12-24-23(17)26)16-19-7-5-18(6-8-19)15-20-10-13-25(14-11-20)22-3-2-4-22/h5-9,12,15,22H,2-4,10-11,13-14,16H2,1H3,(H,24,26). The molecule has 1 saturated heterocycles. The van der Waals surface area contributed by atoms with Gasteiger partial charge >= 0.3 is 0 Å². The molecule has 1 aliphatic carbocycles. The summed E-state index contributed by atoms with van der Waals surface area (Å²) >= 11 is 0. The molecule has 26 heavy (non-hydrogen) atoms. The van der Waals surface area contributed by atoms with Crippen LogP contribution in [0.25, 0.3) is 6.08 Å². The summed E-state index contributed by atoms with van der Waals surface area (Å²) in [6, 6.07) is 11.7. The molecule has 0 unspecified atom stereocenters. The van der Waals surface area contributed by atoms with E-state index in [4.69, 9.17) is 0 Å². The Balaban J connectivity index is 1.38. The first kappa shape index (κ1) is 17.3. The van der Waals surface area contributed by atoms with Gasteiger partial charge in [0.15, 0.2) is 0 Å². The van der Waals surface area contributed by atoms with E-state index in [2.05, 4.69) is 40.2 Å². The molecular weight excluding hydrogens is 320 g/mol. The van der Waals surface area contributed by atoms with Crippen molar-refractivity contribution in [1.82, 2.24) is 9.88 Å². The fourth-order valence-electron chi connectivity index (χ4n) is 4.05. The Kier molecular flexibility index (Phi) is 5.07. The first-order valence-electron chi connectivity index (χ1n) is 9.88. The minimum atomic E-state index is 0.0112. The number of pyridine rings is 1. The summed E-state index contributed by atoms with van der Waals surface area (Å²) in [6.45, 7) is 4.36. The van der Waals surface area contributed by atoms with Gasteiger partial charge < -0.3 is 4.98 Å². The lowest BCUT2D eigenvalue weighted by Gasteiger charge is -2.40. The van der Waals surface area contributed by atoms with E-state index in [0.717, 1.165) is 23.6 Å². The van der Waals surface area contributed by atoms with Crippen LogP contribution >= 0.6 is 0 Å². The number of rotatable bonds is 4. The zero-order valence-corrected chi connectivity index (χ0v) is 15.6. The Morgan fingerprint density at radius 3 is 2.50 bits per heavy atom. The monoisotopic (exact) mass is 348 g/mol. The summed E-state index contributed by atoms with van der Waals surface area (Å²) in [5.41, 5.74) is 6.06. The van der Waals surface area contributed by atoms with Gasteiger partial charge in [0, 0.05) is 30.9 Å². The Labute approximate surface area is 155 Å². The van der Waals surface area contributed by atoms with Gasteiger partial charge in [-0.2, -0.15) is 0 Å². The van der Waals surface area contributed by atoms with E-state index in [1.807, 2.05) is 13.0 Å². The lowest BCUT2D eigenvalue weighted by Crippen LogP contribution is -2.43. The van der Waals surface area contributed by atoms with Crippen molar-refractivity contribution in [2.24, 2.45) is 0 Å². The van der Waals surface area contributed by atoms with Crippen molar-refractivity contribution < 1.29 is 0 Å². The number of hydrogen-bond acceptors (Lipinski definition) is 2. The molecule has 1 saturated carbocycles. The molecule has 2 aliphatic rings. The normalized spacial score (nSPS) is 18.6. The maximum atomic E-state index is 11.7. The van der Waals surface area contributed by atoms with Crippen LogP contribution in [-0.4, -0.2) is 29.0 Å². The van der Waals surface area contributed by atoms with Crippen LogP contribution in [0, 0.1) is 6.92 Å². The molecule has 3 heteroatoms. The lowest BCUT2D eigenvalue weighted by molar-refractivity contribution is 0.118. The number of likely N-dealkylation sites (tertiary alicyclic amines) is 1. The molecular formula is C23H28N2O. The topological polar surface area (TPSA) is 36.1 Å². The second-order valence-electron chi connectivity index (χ2n) is 7.80. The highest BCUT2D eigenvalue weighted by atomic mass is 16.1. The smallest absolute Gasteiger partial charge is 0.251 e. The Morgan fingerprint density at radius 2 is 1.85 bits per heavy atom. The summed E-state index contributed by atoms with van der Waals surface area (Å²) in [5.74, 6) is 0. The molecule has 0 amide bonds. The van der Waals surface area contributed by atoms with Crippen LogP contribution in [0.15, 0.2) is 46.9 Å². The number of aromatic amines is 1. The van der Waals surface area contributed by atoms with Crippen LogP contribution in [0.2, 0.25) is 0 Å². The number of nitrogens with one attached hydrogen (secondary N) is 1. The van der Waals surface area contributed by atoms with Crippen molar-refractivity contribution >= 4 is 6.08 Å². The van der Waals surface area contributed by atoms with Crippen LogP contribution in [0.3, 0.4) is 0 Å². The van der Waals surface area contributed by atoms with Gasteiger partial charge in [-0.15, -0.1) is 0 Å². The molecule has 2 heterocycles. The fourth-order valence-corrected chi connectivity index (χ4v) is 4.05. The van der Waals surface area contributed by atoms with Crippen LogP contribution < -0.4 is 5.56 Å². The second-order valence-corrected chi connectivity index (χ2v) is 7.80. The highest BCUT2D eigenvalue weighted by Gasteiger charge is 2.26. The average Bonchev–Trinajstić information content (AvgIpc) is 2.61. The summed E-state index contributed by atoms with van der Waals surface area (Å²) in [5, 5.41) is 0. The van der Waals surface area contributed by atoms with Crippen LogP contribution in [-0.2, 0) is 6.42 Å². The minimum absolute atomic E-state index is 0.0112. The van der Waals surface area contributed by atoms with Gasteiger partial charge in [0.2, 0.25) is 0 Å². The lowest BCUT2D eigenvalue weighted by atomic mass is 9.89.